The molecule has 0 aliphatic carbocycles. The first kappa shape index (κ1) is 17.8. The molecule has 0 unspecified atom stereocenters. The molecule has 0 atom stereocenters. The molecule has 0 fully saturated rings. The van der Waals surface area contributed by atoms with Crippen LogP contribution in [0.3, 0.4) is 0 Å². The van der Waals surface area contributed by atoms with E-state index in [1.165, 1.54) is 18.4 Å². The summed E-state index contributed by atoms with van der Waals surface area (Å²) in [6.45, 7) is 1.23. The molecule has 0 saturated carbocycles. The third-order valence-corrected chi connectivity index (χ3v) is 4.55. The summed E-state index contributed by atoms with van der Waals surface area (Å²) in [5.41, 5.74) is 0.578. The predicted molar refractivity (Wildman–Crippen MR) is 91.9 cm³/mol. The molecular formula is C17H19N3O3S. The van der Waals surface area contributed by atoms with Crippen molar-refractivity contribution >= 4 is 15.7 Å². The SMILES string of the molecule is CN(CCCOc1ccc(S(C)(=O)=O)cc1)c1cc(C#N)ccn1. The van der Waals surface area contributed by atoms with Gasteiger partial charge in [-0.15, -0.1) is 0 Å². The van der Waals surface area contributed by atoms with Gasteiger partial charge in [-0.25, -0.2) is 13.4 Å². The van der Waals surface area contributed by atoms with Crippen molar-refractivity contribution in [3.05, 3.63) is 48.2 Å². The van der Waals surface area contributed by atoms with Crippen molar-refractivity contribution < 1.29 is 13.2 Å². The fraction of sp³-hybridized carbons (Fsp3) is 0.294. The maximum atomic E-state index is 11.4. The van der Waals surface area contributed by atoms with E-state index in [4.69, 9.17) is 10.00 Å². The third-order valence-electron chi connectivity index (χ3n) is 3.42. The summed E-state index contributed by atoms with van der Waals surface area (Å²) >= 11 is 0. The number of hydrogen-bond donors (Lipinski definition) is 0. The zero-order valence-corrected chi connectivity index (χ0v) is 14.5. The van der Waals surface area contributed by atoms with Gasteiger partial charge in [0.1, 0.15) is 11.6 Å². The number of aromatic nitrogens is 1. The van der Waals surface area contributed by atoms with Crippen molar-refractivity contribution in [2.24, 2.45) is 0 Å². The van der Waals surface area contributed by atoms with Crippen LogP contribution in [0, 0.1) is 11.3 Å². The first-order valence-electron chi connectivity index (χ1n) is 7.40. The maximum absolute atomic E-state index is 11.4. The number of hydrogen-bond acceptors (Lipinski definition) is 6. The second-order valence-electron chi connectivity index (χ2n) is 5.38. The van der Waals surface area contributed by atoms with Crippen LogP contribution in [-0.4, -0.2) is 39.9 Å². The summed E-state index contributed by atoms with van der Waals surface area (Å²) in [7, 11) is -1.28. The Morgan fingerprint density at radius 2 is 1.96 bits per heavy atom. The average molecular weight is 345 g/mol. The normalized spacial score (nSPS) is 10.9. The molecule has 6 nitrogen and oxygen atoms in total. The summed E-state index contributed by atoms with van der Waals surface area (Å²) in [5, 5.41) is 8.90. The Labute approximate surface area is 142 Å². The van der Waals surface area contributed by atoms with Crippen molar-refractivity contribution in [2.45, 2.75) is 11.3 Å². The molecule has 0 aliphatic rings. The molecule has 0 amide bonds. The molecule has 7 heteroatoms. The van der Waals surface area contributed by atoms with E-state index in [1.807, 2.05) is 11.9 Å². The number of rotatable bonds is 7. The summed E-state index contributed by atoms with van der Waals surface area (Å²) in [4.78, 5) is 6.47. The van der Waals surface area contributed by atoms with E-state index in [2.05, 4.69) is 11.1 Å². The average Bonchev–Trinajstić information content (AvgIpc) is 2.58. The van der Waals surface area contributed by atoms with Crippen LogP contribution >= 0.6 is 0 Å². The highest BCUT2D eigenvalue weighted by molar-refractivity contribution is 7.90. The molecular weight excluding hydrogens is 326 g/mol. The molecule has 0 N–H and O–H groups in total. The quantitative estimate of drug-likeness (QED) is 0.716. The van der Waals surface area contributed by atoms with Crippen LogP contribution in [0.25, 0.3) is 0 Å². The maximum Gasteiger partial charge on any atom is 0.175 e. The van der Waals surface area contributed by atoms with E-state index in [9.17, 15) is 8.42 Å². The lowest BCUT2D eigenvalue weighted by Crippen LogP contribution is -2.21. The molecule has 24 heavy (non-hydrogen) atoms. The Kier molecular flexibility index (Phi) is 5.77. The lowest BCUT2D eigenvalue weighted by molar-refractivity contribution is 0.312. The molecule has 0 spiro atoms. The minimum absolute atomic E-state index is 0.276. The minimum atomic E-state index is -3.18. The van der Waals surface area contributed by atoms with Crippen LogP contribution in [0.2, 0.25) is 0 Å². The lowest BCUT2D eigenvalue weighted by atomic mass is 10.3. The molecule has 126 valence electrons. The first-order chi connectivity index (χ1) is 11.4. The van der Waals surface area contributed by atoms with Crippen LogP contribution in [0.1, 0.15) is 12.0 Å². The van der Waals surface area contributed by atoms with Gasteiger partial charge in [0, 0.05) is 26.0 Å². The number of sulfone groups is 1. The van der Waals surface area contributed by atoms with Crippen LogP contribution in [0.15, 0.2) is 47.5 Å². The van der Waals surface area contributed by atoms with E-state index in [1.54, 1.807) is 30.5 Å². The third kappa shape index (κ3) is 4.96. The lowest BCUT2D eigenvalue weighted by Gasteiger charge is -2.18. The fourth-order valence-electron chi connectivity index (χ4n) is 2.09. The fourth-order valence-corrected chi connectivity index (χ4v) is 2.72. The van der Waals surface area contributed by atoms with Crippen LogP contribution in [-0.2, 0) is 9.84 Å². The molecule has 1 aromatic heterocycles. The summed E-state index contributed by atoms with van der Waals surface area (Å²) in [6.07, 6.45) is 3.56. The molecule has 2 rings (SSSR count). The van der Waals surface area contributed by atoms with E-state index < -0.39 is 9.84 Å². The summed E-state index contributed by atoms with van der Waals surface area (Å²) in [5.74, 6) is 1.38. The van der Waals surface area contributed by atoms with Gasteiger partial charge in [-0.3, -0.25) is 0 Å². The summed E-state index contributed by atoms with van der Waals surface area (Å²) in [6, 6.07) is 11.9. The van der Waals surface area contributed by atoms with Crippen molar-refractivity contribution in [1.29, 1.82) is 5.26 Å². The Hall–Kier alpha value is -2.59. The van der Waals surface area contributed by atoms with Gasteiger partial charge in [0.05, 0.1) is 23.1 Å². The number of nitrogens with zero attached hydrogens (tertiary/aromatic N) is 3. The van der Waals surface area contributed by atoms with Gasteiger partial charge < -0.3 is 9.64 Å². The Bertz CT molecular complexity index is 827. The number of ether oxygens (including phenoxy) is 1. The second-order valence-corrected chi connectivity index (χ2v) is 7.40. The van der Waals surface area contributed by atoms with E-state index in [0.29, 0.717) is 17.9 Å². The highest BCUT2D eigenvalue weighted by Crippen LogP contribution is 2.16. The first-order valence-corrected chi connectivity index (χ1v) is 9.29. The van der Waals surface area contributed by atoms with Gasteiger partial charge in [-0.05, 0) is 42.8 Å². The van der Waals surface area contributed by atoms with E-state index in [-0.39, 0.29) is 4.90 Å². The Morgan fingerprint density at radius 3 is 2.58 bits per heavy atom. The number of anilines is 1. The number of nitriles is 1. The van der Waals surface area contributed by atoms with Crippen molar-refractivity contribution in [3.8, 4) is 11.8 Å². The number of pyridine rings is 1. The Morgan fingerprint density at radius 1 is 1.25 bits per heavy atom. The Balaban J connectivity index is 1.81. The molecule has 2 aromatic rings. The van der Waals surface area contributed by atoms with Crippen molar-refractivity contribution in [2.75, 3.05) is 31.4 Å². The second kappa shape index (κ2) is 7.79. The largest absolute Gasteiger partial charge is 0.494 e. The topological polar surface area (TPSA) is 83.3 Å². The van der Waals surface area contributed by atoms with Gasteiger partial charge in [0.2, 0.25) is 0 Å². The van der Waals surface area contributed by atoms with Crippen LogP contribution < -0.4 is 9.64 Å². The zero-order chi connectivity index (χ0) is 17.6. The highest BCUT2D eigenvalue weighted by atomic mass is 32.2. The smallest absolute Gasteiger partial charge is 0.175 e. The van der Waals surface area contributed by atoms with Gasteiger partial charge in [0.15, 0.2) is 9.84 Å². The van der Waals surface area contributed by atoms with Crippen molar-refractivity contribution in [1.82, 2.24) is 4.98 Å². The number of benzene rings is 1. The summed E-state index contributed by atoms with van der Waals surface area (Å²) < 4.78 is 28.4. The molecule has 0 radical (unpaired) electrons. The van der Waals surface area contributed by atoms with E-state index >= 15 is 0 Å². The van der Waals surface area contributed by atoms with Crippen LogP contribution in [0.5, 0.6) is 5.75 Å². The van der Waals surface area contributed by atoms with Gasteiger partial charge in [-0.1, -0.05) is 0 Å². The highest BCUT2D eigenvalue weighted by Gasteiger charge is 2.07. The zero-order valence-electron chi connectivity index (χ0n) is 13.6. The van der Waals surface area contributed by atoms with E-state index in [0.717, 1.165) is 18.8 Å². The molecule has 0 bridgehead atoms. The predicted octanol–water partition coefficient (Wildman–Crippen LogP) is 2.26. The van der Waals surface area contributed by atoms with Gasteiger partial charge in [0.25, 0.3) is 0 Å². The van der Waals surface area contributed by atoms with Gasteiger partial charge in [-0.2, -0.15) is 5.26 Å². The molecule has 0 saturated heterocycles. The molecule has 1 aromatic carbocycles. The molecule has 0 aliphatic heterocycles. The standard InChI is InChI=1S/C17H19N3O3S/c1-20(17-12-14(13-18)8-9-19-17)10-3-11-23-15-4-6-16(7-5-15)24(2,21)22/h4-9,12H,3,10-11H2,1-2H3. The monoisotopic (exact) mass is 345 g/mol. The van der Waals surface area contributed by atoms with Crippen LogP contribution in [0.4, 0.5) is 5.82 Å². The van der Waals surface area contributed by atoms with Crippen molar-refractivity contribution in [3.63, 3.8) is 0 Å². The minimum Gasteiger partial charge on any atom is -0.494 e. The van der Waals surface area contributed by atoms with Gasteiger partial charge >= 0.3 is 0 Å². The molecule has 1 heterocycles.